The highest BCUT2D eigenvalue weighted by molar-refractivity contribution is 5.41. The number of fused-ring (bicyclic) bond motifs is 1. The lowest BCUT2D eigenvalue weighted by molar-refractivity contribution is 0.0759. The highest BCUT2D eigenvalue weighted by Gasteiger charge is 2.25. The smallest absolute Gasteiger partial charge is 0.292 e. The maximum Gasteiger partial charge on any atom is 0.292 e. The fourth-order valence-corrected chi connectivity index (χ4v) is 1.61. The van der Waals surface area contributed by atoms with Gasteiger partial charge in [-0.2, -0.15) is 0 Å². The Balaban J connectivity index is 1.88. The third-order valence-corrected chi connectivity index (χ3v) is 2.37. The molecule has 3 rings (SSSR count). The van der Waals surface area contributed by atoms with E-state index in [1.54, 1.807) is 6.20 Å². The first-order valence-electron chi connectivity index (χ1n) is 4.92. The molecule has 0 bridgehead atoms. The number of hydrogen-bond donors (Lipinski definition) is 1. The van der Waals surface area contributed by atoms with Gasteiger partial charge in [0, 0.05) is 0 Å². The molecule has 0 fully saturated rings. The number of nitrogens with two attached hydrogens (primary N) is 1. The Morgan fingerprint density at radius 1 is 1.25 bits per heavy atom. The van der Waals surface area contributed by atoms with E-state index in [-0.39, 0.29) is 12.1 Å². The maximum absolute atomic E-state index is 5.72. The zero-order valence-corrected chi connectivity index (χ0v) is 8.42. The van der Waals surface area contributed by atoms with Crippen LogP contribution in [0.5, 0.6) is 11.5 Å². The molecule has 1 aliphatic heterocycles. The average Bonchev–Trinajstić information content (AvgIpc) is 2.75. The molecule has 2 N–H and O–H groups in total. The van der Waals surface area contributed by atoms with Crippen LogP contribution in [0.4, 0.5) is 6.01 Å². The molecule has 1 aromatic carbocycles. The van der Waals surface area contributed by atoms with Crippen LogP contribution >= 0.6 is 0 Å². The molecule has 0 aliphatic carbocycles. The van der Waals surface area contributed by atoms with Gasteiger partial charge in [0.15, 0.2) is 23.4 Å². The number of nitrogen functional groups attached to an aromatic ring is 1. The second kappa shape index (κ2) is 3.44. The number of anilines is 1. The van der Waals surface area contributed by atoms with Gasteiger partial charge in [-0.1, -0.05) is 12.1 Å². The third kappa shape index (κ3) is 1.46. The van der Waals surface area contributed by atoms with E-state index in [0.717, 1.165) is 5.75 Å². The largest absolute Gasteiger partial charge is 0.485 e. The number of para-hydroxylation sites is 2. The lowest BCUT2D eigenvalue weighted by atomic mass is 10.2. The summed E-state index contributed by atoms with van der Waals surface area (Å²) in [5, 5.41) is 0. The number of hydrogen-bond acceptors (Lipinski definition) is 5. The molecule has 1 aromatic heterocycles. The van der Waals surface area contributed by atoms with Gasteiger partial charge >= 0.3 is 0 Å². The number of nitrogens with zero attached hydrogens (tertiary/aromatic N) is 1. The molecule has 16 heavy (non-hydrogen) atoms. The van der Waals surface area contributed by atoms with E-state index in [1.807, 2.05) is 24.3 Å². The number of rotatable bonds is 1. The van der Waals surface area contributed by atoms with Crippen LogP contribution in [0.2, 0.25) is 0 Å². The first-order chi connectivity index (χ1) is 7.83. The van der Waals surface area contributed by atoms with Crippen LogP contribution in [-0.4, -0.2) is 11.6 Å². The zero-order chi connectivity index (χ0) is 11.0. The molecule has 0 saturated carbocycles. The Morgan fingerprint density at radius 2 is 2.06 bits per heavy atom. The molecule has 2 aromatic rings. The highest BCUT2D eigenvalue weighted by Crippen LogP contribution is 2.35. The molecule has 0 amide bonds. The van der Waals surface area contributed by atoms with Crippen molar-refractivity contribution in [2.24, 2.45) is 0 Å². The normalized spacial score (nSPS) is 18.4. The molecule has 5 heteroatoms. The maximum atomic E-state index is 5.72. The standard InChI is InChI=1S/C11H10N2O3/c12-11-13-5-9(16-11)10-6-14-7-3-1-2-4-8(7)15-10/h1-5,10H,6H2,(H2,12,13). The summed E-state index contributed by atoms with van der Waals surface area (Å²) in [5.74, 6) is 2.02. The summed E-state index contributed by atoms with van der Waals surface area (Å²) < 4.78 is 16.5. The van der Waals surface area contributed by atoms with E-state index < -0.39 is 0 Å². The fraction of sp³-hybridized carbons (Fsp3) is 0.182. The molecule has 0 radical (unpaired) electrons. The summed E-state index contributed by atoms with van der Waals surface area (Å²) in [6.45, 7) is 0.394. The lowest BCUT2D eigenvalue weighted by Gasteiger charge is -2.24. The number of aromatic nitrogens is 1. The van der Waals surface area contributed by atoms with E-state index in [4.69, 9.17) is 19.6 Å². The van der Waals surface area contributed by atoms with Gasteiger partial charge in [-0.25, -0.2) is 4.98 Å². The van der Waals surface area contributed by atoms with Crippen LogP contribution in [0.25, 0.3) is 0 Å². The number of ether oxygens (including phenoxy) is 2. The minimum absolute atomic E-state index is 0.137. The minimum atomic E-state index is -0.292. The summed E-state index contributed by atoms with van der Waals surface area (Å²) >= 11 is 0. The summed E-state index contributed by atoms with van der Waals surface area (Å²) in [6, 6.07) is 7.63. The van der Waals surface area contributed by atoms with Crippen LogP contribution in [0, 0.1) is 0 Å². The molecular formula is C11H10N2O3. The molecule has 2 heterocycles. The van der Waals surface area contributed by atoms with Gasteiger partial charge in [0.2, 0.25) is 0 Å². The van der Waals surface area contributed by atoms with Crippen molar-refractivity contribution < 1.29 is 13.9 Å². The highest BCUT2D eigenvalue weighted by atomic mass is 16.6. The van der Waals surface area contributed by atoms with Crippen molar-refractivity contribution in [3.8, 4) is 11.5 Å². The molecule has 0 saturated heterocycles. The summed E-state index contributed by atoms with van der Waals surface area (Å²) in [7, 11) is 0. The fourth-order valence-electron chi connectivity index (χ4n) is 1.61. The second-order valence-electron chi connectivity index (χ2n) is 3.47. The molecule has 1 aliphatic rings. The SMILES string of the molecule is Nc1ncc(C2COc3ccccc3O2)o1. The summed E-state index contributed by atoms with van der Waals surface area (Å²) in [5.41, 5.74) is 5.41. The van der Waals surface area contributed by atoms with E-state index in [9.17, 15) is 0 Å². The second-order valence-corrected chi connectivity index (χ2v) is 3.47. The van der Waals surface area contributed by atoms with Gasteiger partial charge in [-0.3, -0.25) is 0 Å². The lowest BCUT2D eigenvalue weighted by Crippen LogP contribution is -2.20. The molecular weight excluding hydrogens is 208 g/mol. The van der Waals surface area contributed by atoms with Crippen LogP contribution in [-0.2, 0) is 0 Å². The Bertz CT molecular complexity index is 509. The number of oxazole rings is 1. The Hall–Kier alpha value is -2.17. The topological polar surface area (TPSA) is 70.5 Å². The quantitative estimate of drug-likeness (QED) is 0.789. The number of benzene rings is 1. The Morgan fingerprint density at radius 3 is 2.81 bits per heavy atom. The van der Waals surface area contributed by atoms with Crippen LogP contribution in [0.3, 0.4) is 0 Å². The van der Waals surface area contributed by atoms with Gasteiger partial charge in [-0.05, 0) is 12.1 Å². The van der Waals surface area contributed by atoms with Crippen LogP contribution in [0.1, 0.15) is 11.9 Å². The summed E-state index contributed by atoms with van der Waals surface area (Å²) in [4.78, 5) is 3.82. The molecule has 82 valence electrons. The van der Waals surface area contributed by atoms with E-state index in [0.29, 0.717) is 18.1 Å². The average molecular weight is 218 g/mol. The molecule has 1 unspecified atom stereocenters. The van der Waals surface area contributed by atoms with E-state index >= 15 is 0 Å². The van der Waals surface area contributed by atoms with Crippen molar-refractivity contribution in [2.75, 3.05) is 12.3 Å². The van der Waals surface area contributed by atoms with Crippen molar-refractivity contribution in [3.63, 3.8) is 0 Å². The van der Waals surface area contributed by atoms with Gasteiger partial charge in [-0.15, -0.1) is 0 Å². The Kier molecular flexibility index (Phi) is 1.96. The van der Waals surface area contributed by atoms with Gasteiger partial charge < -0.3 is 19.6 Å². The molecule has 0 spiro atoms. The van der Waals surface area contributed by atoms with Gasteiger partial charge in [0.1, 0.15) is 6.61 Å². The van der Waals surface area contributed by atoms with E-state index in [2.05, 4.69) is 4.98 Å². The summed E-state index contributed by atoms with van der Waals surface area (Å²) in [6.07, 6.45) is 1.26. The zero-order valence-electron chi connectivity index (χ0n) is 8.42. The minimum Gasteiger partial charge on any atom is -0.485 e. The van der Waals surface area contributed by atoms with Crippen LogP contribution in [0.15, 0.2) is 34.9 Å². The van der Waals surface area contributed by atoms with E-state index in [1.165, 1.54) is 0 Å². The van der Waals surface area contributed by atoms with Crippen LogP contribution < -0.4 is 15.2 Å². The van der Waals surface area contributed by atoms with Crippen molar-refractivity contribution in [3.05, 3.63) is 36.2 Å². The predicted octanol–water partition coefficient (Wildman–Crippen LogP) is 1.77. The van der Waals surface area contributed by atoms with Crippen molar-refractivity contribution in [2.45, 2.75) is 6.10 Å². The van der Waals surface area contributed by atoms with Crippen molar-refractivity contribution in [1.29, 1.82) is 0 Å². The monoisotopic (exact) mass is 218 g/mol. The first-order valence-corrected chi connectivity index (χ1v) is 4.92. The van der Waals surface area contributed by atoms with Gasteiger partial charge in [0.25, 0.3) is 6.01 Å². The predicted molar refractivity (Wildman–Crippen MR) is 56.2 cm³/mol. The first kappa shape index (κ1) is 9.08. The van der Waals surface area contributed by atoms with Crippen molar-refractivity contribution in [1.82, 2.24) is 4.98 Å². The van der Waals surface area contributed by atoms with Crippen molar-refractivity contribution >= 4 is 6.01 Å². The Labute approximate surface area is 91.8 Å². The van der Waals surface area contributed by atoms with Gasteiger partial charge in [0.05, 0.1) is 6.20 Å². The third-order valence-electron chi connectivity index (χ3n) is 2.37. The molecule has 5 nitrogen and oxygen atoms in total. The molecule has 1 atom stereocenters.